The lowest BCUT2D eigenvalue weighted by Crippen LogP contribution is -2.57. The van der Waals surface area contributed by atoms with Crippen molar-refractivity contribution in [3.8, 4) is 0 Å². The van der Waals surface area contributed by atoms with E-state index in [9.17, 15) is 24.3 Å². The quantitative estimate of drug-likeness (QED) is 0.199. The fourth-order valence-electron chi connectivity index (χ4n) is 2.19. The number of benzene rings is 1. The minimum absolute atomic E-state index is 0.0788. The summed E-state index contributed by atoms with van der Waals surface area (Å²) in [5.74, 6) is -3.56. The Morgan fingerprint density at radius 1 is 1.00 bits per heavy atom. The van der Waals surface area contributed by atoms with Crippen LogP contribution in [0.1, 0.15) is 5.56 Å². The minimum atomic E-state index is -1.37. The molecule has 0 saturated carbocycles. The van der Waals surface area contributed by atoms with Crippen LogP contribution in [0.4, 0.5) is 0 Å². The maximum atomic E-state index is 12.3. The predicted octanol–water partition coefficient (Wildman–Crippen LogP) is -2.35. The normalized spacial score (nSPS) is 13.7. The van der Waals surface area contributed by atoms with Gasteiger partial charge in [-0.25, -0.2) is 0 Å². The van der Waals surface area contributed by atoms with Crippen LogP contribution in [0.5, 0.6) is 0 Å². The van der Waals surface area contributed by atoms with Crippen molar-refractivity contribution in [2.24, 2.45) is 5.73 Å². The first-order chi connectivity index (χ1) is 13.3. The number of carboxylic acids is 1. The molecule has 3 atom stereocenters. The Hall–Kier alpha value is -2.63. The van der Waals surface area contributed by atoms with Crippen LogP contribution >= 0.6 is 12.6 Å². The molecule has 28 heavy (non-hydrogen) atoms. The van der Waals surface area contributed by atoms with Gasteiger partial charge in [-0.15, -0.1) is 0 Å². The molecule has 7 N–H and O–H groups in total. The number of carbonyl (C=O) groups excluding carboxylic acids is 3. The van der Waals surface area contributed by atoms with E-state index in [0.717, 1.165) is 5.56 Å². The van der Waals surface area contributed by atoms with Crippen molar-refractivity contribution in [3.05, 3.63) is 35.9 Å². The van der Waals surface area contributed by atoms with Gasteiger partial charge in [-0.1, -0.05) is 30.3 Å². The van der Waals surface area contributed by atoms with Crippen LogP contribution in [0, 0.1) is 0 Å². The third-order valence-corrected chi connectivity index (χ3v) is 4.05. The topological polar surface area (TPSA) is 171 Å². The number of aliphatic carboxylic acids is 1. The monoisotopic (exact) mass is 412 g/mol. The lowest BCUT2D eigenvalue weighted by Gasteiger charge is -2.22. The molecule has 1 aromatic carbocycles. The fourth-order valence-corrected chi connectivity index (χ4v) is 2.44. The molecule has 0 aliphatic heterocycles. The Morgan fingerprint density at radius 2 is 1.61 bits per heavy atom. The van der Waals surface area contributed by atoms with E-state index in [1.807, 2.05) is 35.6 Å². The van der Waals surface area contributed by atoms with E-state index in [4.69, 9.17) is 10.8 Å². The second-order valence-electron chi connectivity index (χ2n) is 5.90. The third kappa shape index (κ3) is 7.94. The van der Waals surface area contributed by atoms with Gasteiger partial charge in [0.1, 0.15) is 18.6 Å². The first-order valence-electron chi connectivity index (χ1n) is 8.40. The molecule has 0 aromatic heterocycles. The van der Waals surface area contributed by atoms with Crippen molar-refractivity contribution in [2.75, 3.05) is 18.9 Å². The van der Waals surface area contributed by atoms with Crippen molar-refractivity contribution < 1.29 is 29.4 Å². The number of carboxylic acid groups (broad SMARTS) is 1. The van der Waals surface area contributed by atoms with Crippen LogP contribution in [0.3, 0.4) is 0 Å². The Morgan fingerprint density at radius 3 is 2.14 bits per heavy atom. The lowest BCUT2D eigenvalue weighted by atomic mass is 10.1. The largest absolute Gasteiger partial charge is 0.480 e. The molecule has 0 radical (unpaired) electrons. The van der Waals surface area contributed by atoms with Crippen LogP contribution in [0.15, 0.2) is 30.3 Å². The molecule has 10 nitrogen and oxygen atoms in total. The van der Waals surface area contributed by atoms with Gasteiger partial charge < -0.3 is 31.9 Å². The first kappa shape index (κ1) is 23.4. The molecular formula is C17H24N4O6S. The van der Waals surface area contributed by atoms with Gasteiger partial charge in [0.2, 0.25) is 17.7 Å². The first-order valence-corrected chi connectivity index (χ1v) is 9.03. The number of hydrogen-bond acceptors (Lipinski definition) is 7. The van der Waals surface area contributed by atoms with Gasteiger partial charge in [-0.2, -0.15) is 12.6 Å². The number of hydrogen-bond donors (Lipinski definition) is 7. The van der Waals surface area contributed by atoms with E-state index in [-0.39, 0.29) is 12.2 Å². The molecule has 0 saturated heterocycles. The van der Waals surface area contributed by atoms with Gasteiger partial charge in [-0.3, -0.25) is 19.2 Å². The SMILES string of the molecule is NC(Cc1ccccc1)C(=O)NC(CS)C(=O)NC(CO)C(=O)NCC(=O)O. The molecule has 1 aromatic rings. The van der Waals surface area contributed by atoms with E-state index in [0.29, 0.717) is 0 Å². The highest BCUT2D eigenvalue weighted by Gasteiger charge is 2.27. The van der Waals surface area contributed by atoms with Crippen molar-refractivity contribution in [3.63, 3.8) is 0 Å². The lowest BCUT2D eigenvalue weighted by molar-refractivity contribution is -0.138. The molecule has 0 spiro atoms. The summed E-state index contributed by atoms with van der Waals surface area (Å²) in [4.78, 5) is 46.8. The summed E-state index contributed by atoms with van der Waals surface area (Å²) >= 11 is 4.01. The van der Waals surface area contributed by atoms with Crippen molar-refractivity contribution >= 4 is 36.3 Å². The van der Waals surface area contributed by atoms with Gasteiger partial charge >= 0.3 is 5.97 Å². The van der Waals surface area contributed by atoms with E-state index in [1.54, 1.807) is 0 Å². The smallest absolute Gasteiger partial charge is 0.322 e. The highest BCUT2D eigenvalue weighted by Crippen LogP contribution is 2.02. The summed E-state index contributed by atoms with van der Waals surface area (Å²) < 4.78 is 0. The van der Waals surface area contributed by atoms with Crippen LogP contribution in [0.25, 0.3) is 0 Å². The summed E-state index contributed by atoms with van der Waals surface area (Å²) in [7, 11) is 0. The van der Waals surface area contributed by atoms with Crippen LogP contribution in [-0.2, 0) is 25.6 Å². The van der Waals surface area contributed by atoms with Crippen molar-refractivity contribution in [1.82, 2.24) is 16.0 Å². The number of aliphatic hydroxyl groups excluding tert-OH is 1. The van der Waals surface area contributed by atoms with Crippen LogP contribution in [0.2, 0.25) is 0 Å². The number of thiol groups is 1. The molecule has 11 heteroatoms. The zero-order valence-electron chi connectivity index (χ0n) is 15.0. The molecule has 0 aliphatic carbocycles. The fraction of sp³-hybridized carbons (Fsp3) is 0.412. The zero-order chi connectivity index (χ0) is 21.1. The Kier molecular flexibility index (Phi) is 9.99. The average Bonchev–Trinajstić information content (AvgIpc) is 2.68. The Labute approximate surface area is 167 Å². The molecule has 3 unspecified atom stereocenters. The summed E-state index contributed by atoms with van der Waals surface area (Å²) in [6.45, 7) is -1.41. The van der Waals surface area contributed by atoms with E-state index >= 15 is 0 Å². The van der Waals surface area contributed by atoms with Gasteiger partial charge in [0.25, 0.3) is 0 Å². The summed E-state index contributed by atoms with van der Waals surface area (Å²) in [6.07, 6.45) is 0.268. The van der Waals surface area contributed by atoms with Crippen molar-refractivity contribution in [1.29, 1.82) is 0 Å². The van der Waals surface area contributed by atoms with E-state index in [1.165, 1.54) is 0 Å². The highest BCUT2D eigenvalue weighted by molar-refractivity contribution is 7.80. The van der Waals surface area contributed by atoms with Crippen molar-refractivity contribution in [2.45, 2.75) is 24.5 Å². The molecule has 154 valence electrons. The van der Waals surface area contributed by atoms with Gasteiger partial charge in [-0.05, 0) is 12.0 Å². The average molecular weight is 412 g/mol. The van der Waals surface area contributed by atoms with Crippen LogP contribution < -0.4 is 21.7 Å². The minimum Gasteiger partial charge on any atom is -0.480 e. The number of amides is 3. The number of nitrogens with two attached hydrogens (primary N) is 1. The molecule has 0 fully saturated rings. The number of nitrogens with one attached hydrogen (secondary N) is 3. The maximum absolute atomic E-state index is 12.3. The molecule has 0 bridgehead atoms. The van der Waals surface area contributed by atoms with Gasteiger partial charge in [0, 0.05) is 5.75 Å². The van der Waals surface area contributed by atoms with E-state index < -0.39 is 55.0 Å². The number of carbonyl (C=O) groups is 4. The molecule has 0 heterocycles. The Balaban J connectivity index is 2.62. The maximum Gasteiger partial charge on any atom is 0.322 e. The second kappa shape index (κ2) is 12.0. The number of aliphatic hydroxyl groups is 1. The predicted molar refractivity (Wildman–Crippen MR) is 104 cm³/mol. The summed E-state index contributed by atoms with van der Waals surface area (Å²) in [5.41, 5.74) is 6.72. The van der Waals surface area contributed by atoms with Crippen LogP contribution in [-0.4, -0.2) is 70.9 Å². The second-order valence-corrected chi connectivity index (χ2v) is 6.26. The number of rotatable bonds is 11. The Bertz CT molecular complexity index is 687. The molecular weight excluding hydrogens is 388 g/mol. The summed E-state index contributed by atoms with van der Waals surface area (Å²) in [6, 6.07) is 5.73. The summed E-state index contributed by atoms with van der Waals surface area (Å²) in [5, 5.41) is 24.5. The van der Waals surface area contributed by atoms with E-state index in [2.05, 4.69) is 23.3 Å². The molecule has 1 rings (SSSR count). The molecule has 0 aliphatic rings. The highest BCUT2D eigenvalue weighted by atomic mass is 32.1. The standard InChI is InChI=1S/C17H24N4O6S/c18-11(6-10-4-2-1-3-5-10)15(25)21-13(9-28)17(27)20-12(8-22)16(26)19-7-14(23)24/h1-5,11-13,22,28H,6-9,18H2,(H,19,26)(H,20,27)(H,21,25)(H,23,24). The van der Waals surface area contributed by atoms with Gasteiger partial charge in [0.15, 0.2) is 0 Å². The van der Waals surface area contributed by atoms with Gasteiger partial charge in [0.05, 0.1) is 12.6 Å². The molecule has 3 amide bonds. The third-order valence-electron chi connectivity index (χ3n) is 3.68. The zero-order valence-corrected chi connectivity index (χ0v) is 15.9.